The largest absolute Gasteiger partial charge is 0.319 e. The van der Waals surface area contributed by atoms with E-state index in [1.165, 1.54) is 38.5 Å². The molecule has 1 N–H and O–H groups in total. The zero-order valence-corrected chi connectivity index (χ0v) is 10.6. The van der Waals surface area contributed by atoms with Crippen LogP contribution in [-0.4, -0.2) is 13.6 Å². The molecule has 0 saturated carbocycles. The second-order valence-electron chi connectivity index (χ2n) is 4.72. The van der Waals surface area contributed by atoms with Gasteiger partial charge in [-0.1, -0.05) is 59.3 Å². The summed E-state index contributed by atoms with van der Waals surface area (Å²) in [7, 11) is 2.05. The van der Waals surface area contributed by atoms with Crippen LogP contribution < -0.4 is 5.32 Å². The van der Waals surface area contributed by atoms with Crippen LogP contribution in [0.3, 0.4) is 0 Å². The molecule has 0 aromatic carbocycles. The molecule has 0 heterocycles. The van der Waals surface area contributed by atoms with Gasteiger partial charge in [-0.15, -0.1) is 0 Å². The Morgan fingerprint density at radius 1 is 0.929 bits per heavy atom. The Morgan fingerprint density at radius 2 is 1.57 bits per heavy atom. The molecule has 86 valence electrons. The molecule has 0 aromatic heterocycles. The molecular weight excluding hydrogens is 170 g/mol. The van der Waals surface area contributed by atoms with Gasteiger partial charge in [0.2, 0.25) is 0 Å². The highest BCUT2D eigenvalue weighted by molar-refractivity contribution is 4.63. The highest BCUT2D eigenvalue weighted by Gasteiger charge is 2.10. The highest BCUT2D eigenvalue weighted by Crippen LogP contribution is 2.18. The molecule has 0 aliphatic carbocycles. The van der Waals surface area contributed by atoms with E-state index >= 15 is 0 Å². The minimum Gasteiger partial charge on any atom is -0.319 e. The lowest BCUT2D eigenvalue weighted by molar-refractivity contribution is 0.343. The number of hydrogen-bond donors (Lipinski definition) is 1. The van der Waals surface area contributed by atoms with Gasteiger partial charge in [-0.05, 0) is 25.4 Å². The number of unbranched alkanes of at least 4 members (excludes halogenated alkanes) is 4. The lowest BCUT2D eigenvalue weighted by Crippen LogP contribution is -2.21. The zero-order chi connectivity index (χ0) is 10.8. The summed E-state index contributed by atoms with van der Waals surface area (Å²) >= 11 is 0. The van der Waals surface area contributed by atoms with Crippen LogP contribution in [-0.2, 0) is 0 Å². The van der Waals surface area contributed by atoms with Crippen LogP contribution in [0.25, 0.3) is 0 Å². The number of rotatable bonds is 9. The summed E-state index contributed by atoms with van der Waals surface area (Å²) in [5.74, 6) is 1.70. The normalized spacial score (nSPS) is 15.4. The molecule has 0 radical (unpaired) electrons. The predicted molar refractivity (Wildman–Crippen MR) is 65.6 cm³/mol. The molecule has 14 heavy (non-hydrogen) atoms. The van der Waals surface area contributed by atoms with Crippen molar-refractivity contribution in [1.82, 2.24) is 5.32 Å². The maximum absolute atomic E-state index is 3.26. The van der Waals surface area contributed by atoms with Crippen molar-refractivity contribution < 1.29 is 0 Å². The fourth-order valence-corrected chi connectivity index (χ4v) is 1.88. The Bertz CT molecular complexity index is 112. The van der Waals surface area contributed by atoms with E-state index in [-0.39, 0.29) is 0 Å². The fourth-order valence-electron chi connectivity index (χ4n) is 1.88. The van der Waals surface area contributed by atoms with Crippen molar-refractivity contribution in [2.75, 3.05) is 13.6 Å². The van der Waals surface area contributed by atoms with Crippen LogP contribution >= 0.6 is 0 Å². The Morgan fingerprint density at radius 3 is 2.14 bits per heavy atom. The predicted octanol–water partition coefficient (Wildman–Crippen LogP) is 3.84. The molecule has 0 rings (SSSR count). The summed E-state index contributed by atoms with van der Waals surface area (Å²) in [5.41, 5.74) is 0. The van der Waals surface area contributed by atoms with Gasteiger partial charge in [0, 0.05) is 0 Å². The first kappa shape index (κ1) is 14.0. The Hall–Kier alpha value is -0.0400. The van der Waals surface area contributed by atoms with Crippen molar-refractivity contribution in [2.24, 2.45) is 11.8 Å². The Kier molecular flexibility index (Phi) is 9.49. The van der Waals surface area contributed by atoms with Gasteiger partial charge in [-0.2, -0.15) is 0 Å². The van der Waals surface area contributed by atoms with Crippen LogP contribution in [0, 0.1) is 11.8 Å². The van der Waals surface area contributed by atoms with Gasteiger partial charge in [0.15, 0.2) is 0 Å². The zero-order valence-electron chi connectivity index (χ0n) is 10.6. The Labute approximate surface area is 90.7 Å². The van der Waals surface area contributed by atoms with Crippen molar-refractivity contribution in [3.8, 4) is 0 Å². The summed E-state index contributed by atoms with van der Waals surface area (Å²) in [6.07, 6.45) is 8.47. The SMILES string of the molecule is CCCCCCCC(C)C(C)CNC. The first-order chi connectivity index (χ1) is 6.72. The quantitative estimate of drug-likeness (QED) is 0.556. The molecule has 0 amide bonds. The van der Waals surface area contributed by atoms with Crippen LogP contribution in [0.5, 0.6) is 0 Å². The lowest BCUT2D eigenvalue weighted by Gasteiger charge is -2.19. The molecule has 2 atom stereocenters. The third-order valence-corrected chi connectivity index (χ3v) is 3.26. The van der Waals surface area contributed by atoms with Crippen molar-refractivity contribution in [1.29, 1.82) is 0 Å². The van der Waals surface area contributed by atoms with E-state index in [0.717, 1.165) is 18.4 Å². The second-order valence-corrected chi connectivity index (χ2v) is 4.72. The van der Waals surface area contributed by atoms with Gasteiger partial charge in [0.1, 0.15) is 0 Å². The van der Waals surface area contributed by atoms with Crippen LogP contribution in [0.2, 0.25) is 0 Å². The second kappa shape index (κ2) is 9.51. The molecular formula is C13H29N. The van der Waals surface area contributed by atoms with Gasteiger partial charge in [-0.3, -0.25) is 0 Å². The molecule has 2 unspecified atom stereocenters. The van der Waals surface area contributed by atoms with E-state index < -0.39 is 0 Å². The van der Waals surface area contributed by atoms with Crippen LogP contribution in [0.15, 0.2) is 0 Å². The summed E-state index contributed by atoms with van der Waals surface area (Å²) in [5, 5.41) is 3.26. The van der Waals surface area contributed by atoms with Crippen LogP contribution in [0.1, 0.15) is 59.3 Å². The first-order valence-corrected chi connectivity index (χ1v) is 6.37. The molecule has 0 aliphatic rings. The number of nitrogens with one attached hydrogen (secondary N) is 1. The van der Waals surface area contributed by atoms with E-state index in [1.54, 1.807) is 0 Å². The minimum absolute atomic E-state index is 0.825. The summed E-state index contributed by atoms with van der Waals surface area (Å²) in [6.45, 7) is 8.18. The van der Waals surface area contributed by atoms with E-state index in [1.807, 2.05) is 7.05 Å². The third-order valence-electron chi connectivity index (χ3n) is 3.26. The average Bonchev–Trinajstić information content (AvgIpc) is 2.17. The van der Waals surface area contributed by atoms with Crippen molar-refractivity contribution >= 4 is 0 Å². The van der Waals surface area contributed by atoms with Crippen molar-refractivity contribution in [2.45, 2.75) is 59.3 Å². The summed E-state index contributed by atoms with van der Waals surface area (Å²) < 4.78 is 0. The maximum atomic E-state index is 3.26. The van der Waals surface area contributed by atoms with Crippen molar-refractivity contribution in [3.05, 3.63) is 0 Å². The van der Waals surface area contributed by atoms with Gasteiger partial charge in [0.25, 0.3) is 0 Å². The van der Waals surface area contributed by atoms with E-state index in [4.69, 9.17) is 0 Å². The maximum Gasteiger partial charge on any atom is -0.00236 e. The molecule has 0 saturated heterocycles. The van der Waals surface area contributed by atoms with Gasteiger partial charge in [0.05, 0.1) is 0 Å². The average molecular weight is 199 g/mol. The molecule has 0 aliphatic heterocycles. The molecule has 0 aromatic rings. The van der Waals surface area contributed by atoms with Crippen molar-refractivity contribution in [3.63, 3.8) is 0 Å². The van der Waals surface area contributed by atoms with E-state index in [0.29, 0.717) is 0 Å². The first-order valence-electron chi connectivity index (χ1n) is 6.37. The summed E-state index contributed by atoms with van der Waals surface area (Å²) in [6, 6.07) is 0. The van der Waals surface area contributed by atoms with Gasteiger partial charge >= 0.3 is 0 Å². The van der Waals surface area contributed by atoms with Gasteiger partial charge in [-0.25, -0.2) is 0 Å². The molecule has 0 fully saturated rings. The molecule has 0 spiro atoms. The monoisotopic (exact) mass is 199 g/mol. The smallest absolute Gasteiger partial charge is 0.00236 e. The lowest BCUT2D eigenvalue weighted by atomic mass is 9.90. The van der Waals surface area contributed by atoms with Crippen LogP contribution in [0.4, 0.5) is 0 Å². The third kappa shape index (κ3) is 7.37. The topological polar surface area (TPSA) is 12.0 Å². The molecule has 1 nitrogen and oxygen atoms in total. The Balaban J connectivity index is 3.29. The standard InChI is InChI=1S/C13H29N/c1-5-6-7-8-9-10-12(2)13(3)11-14-4/h12-14H,5-11H2,1-4H3. The highest BCUT2D eigenvalue weighted by atomic mass is 14.8. The minimum atomic E-state index is 0.825. The van der Waals surface area contributed by atoms with Gasteiger partial charge < -0.3 is 5.32 Å². The van der Waals surface area contributed by atoms with E-state index in [2.05, 4.69) is 26.1 Å². The summed E-state index contributed by atoms with van der Waals surface area (Å²) in [4.78, 5) is 0. The number of hydrogen-bond acceptors (Lipinski definition) is 1. The molecule has 1 heteroatoms. The fraction of sp³-hybridized carbons (Fsp3) is 1.00. The molecule has 0 bridgehead atoms. The van der Waals surface area contributed by atoms with E-state index in [9.17, 15) is 0 Å².